The van der Waals surface area contributed by atoms with Crippen molar-refractivity contribution in [3.05, 3.63) is 30.7 Å². The molecule has 2 aliphatic heterocycles. The van der Waals surface area contributed by atoms with Gasteiger partial charge in [-0.25, -0.2) is 9.97 Å². The molecule has 0 spiro atoms. The molecule has 162 valence electrons. The van der Waals surface area contributed by atoms with E-state index < -0.39 is 0 Å². The lowest BCUT2D eigenvalue weighted by atomic mass is 10.1. The van der Waals surface area contributed by atoms with Gasteiger partial charge in [-0.1, -0.05) is 6.07 Å². The number of hydrogen-bond acceptors (Lipinski definition) is 8. The van der Waals surface area contributed by atoms with Gasteiger partial charge in [0.15, 0.2) is 11.5 Å². The first-order chi connectivity index (χ1) is 15.1. The number of nitrogen functional groups attached to an aromatic ring is 1. The molecule has 0 radical (unpaired) electrons. The fourth-order valence-electron chi connectivity index (χ4n) is 4.43. The van der Waals surface area contributed by atoms with Gasteiger partial charge in [-0.15, -0.1) is 0 Å². The SMILES string of the molecule is CCOC(=O)C(C)N1CC[C@H](n2cc(-c3ccc4c(c3)OCO4)c3c(N)ncnc32)C1. The van der Waals surface area contributed by atoms with Crippen LogP contribution in [0.1, 0.15) is 26.3 Å². The molecule has 0 aliphatic carbocycles. The van der Waals surface area contributed by atoms with E-state index in [0.29, 0.717) is 18.2 Å². The molecule has 0 amide bonds. The van der Waals surface area contributed by atoms with Crippen molar-refractivity contribution in [2.45, 2.75) is 32.4 Å². The van der Waals surface area contributed by atoms with Crippen molar-refractivity contribution >= 4 is 22.8 Å². The minimum Gasteiger partial charge on any atom is -0.465 e. The van der Waals surface area contributed by atoms with Crippen LogP contribution in [0.4, 0.5) is 5.82 Å². The Hall–Kier alpha value is -3.33. The van der Waals surface area contributed by atoms with Crippen LogP contribution in [0.5, 0.6) is 11.5 Å². The molecular formula is C22H25N5O4. The summed E-state index contributed by atoms with van der Waals surface area (Å²) in [6.07, 6.45) is 4.47. The van der Waals surface area contributed by atoms with Crippen molar-refractivity contribution < 1.29 is 19.0 Å². The molecule has 9 nitrogen and oxygen atoms in total. The standard InChI is InChI=1S/C22H25N5O4/c1-3-29-22(28)13(2)26-7-6-15(9-26)27-10-16(19-20(23)24-11-25-21(19)27)14-4-5-17-18(8-14)31-12-30-17/h4-5,8,10-11,13,15H,3,6-7,9,12H2,1-2H3,(H2,23,24,25)/t13?,15-/m0/s1. The minimum absolute atomic E-state index is 0.163. The Morgan fingerprint density at radius 1 is 1.32 bits per heavy atom. The fourth-order valence-corrected chi connectivity index (χ4v) is 4.43. The summed E-state index contributed by atoms with van der Waals surface area (Å²) in [6, 6.07) is 5.73. The molecule has 1 saturated heterocycles. The Morgan fingerprint density at radius 2 is 2.16 bits per heavy atom. The van der Waals surface area contributed by atoms with Gasteiger partial charge in [-0.05, 0) is 38.0 Å². The summed E-state index contributed by atoms with van der Waals surface area (Å²) < 4.78 is 18.3. The van der Waals surface area contributed by atoms with E-state index in [1.807, 2.05) is 32.0 Å². The van der Waals surface area contributed by atoms with Gasteiger partial charge < -0.3 is 24.5 Å². The molecule has 1 unspecified atom stereocenters. The first-order valence-corrected chi connectivity index (χ1v) is 10.5. The molecular weight excluding hydrogens is 398 g/mol. The summed E-state index contributed by atoms with van der Waals surface area (Å²) in [5.74, 6) is 1.69. The van der Waals surface area contributed by atoms with Crippen LogP contribution < -0.4 is 15.2 Å². The average molecular weight is 423 g/mol. The molecule has 5 rings (SSSR count). The van der Waals surface area contributed by atoms with Crippen molar-refractivity contribution in [2.75, 3.05) is 32.2 Å². The van der Waals surface area contributed by atoms with Crippen LogP contribution in [0.2, 0.25) is 0 Å². The second kappa shape index (κ2) is 7.73. The molecule has 2 atom stereocenters. The van der Waals surface area contributed by atoms with Crippen LogP contribution in [0, 0.1) is 0 Å². The highest BCUT2D eigenvalue weighted by Crippen LogP contribution is 2.41. The van der Waals surface area contributed by atoms with Crippen molar-refractivity contribution in [3.8, 4) is 22.6 Å². The smallest absolute Gasteiger partial charge is 0.323 e. The maximum atomic E-state index is 12.2. The van der Waals surface area contributed by atoms with Crippen molar-refractivity contribution in [3.63, 3.8) is 0 Å². The Balaban J connectivity index is 1.51. The van der Waals surface area contributed by atoms with Gasteiger partial charge in [0, 0.05) is 30.9 Å². The zero-order valence-electron chi connectivity index (χ0n) is 17.6. The summed E-state index contributed by atoms with van der Waals surface area (Å²) >= 11 is 0. The van der Waals surface area contributed by atoms with E-state index >= 15 is 0 Å². The Labute approximate surface area is 179 Å². The summed E-state index contributed by atoms with van der Waals surface area (Å²) in [4.78, 5) is 23.1. The summed E-state index contributed by atoms with van der Waals surface area (Å²) in [5, 5.41) is 0.818. The van der Waals surface area contributed by atoms with E-state index in [1.165, 1.54) is 6.33 Å². The molecule has 31 heavy (non-hydrogen) atoms. The number of likely N-dealkylation sites (tertiary alicyclic amines) is 1. The van der Waals surface area contributed by atoms with Crippen LogP contribution in [-0.2, 0) is 9.53 Å². The molecule has 9 heteroatoms. The number of aromatic nitrogens is 3. The number of nitrogens with two attached hydrogens (primary N) is 1. The molecule has 1 aromatic carbocycles. The number of carbonyl (C=O) groups excluding carboxylic acids is 1. The van der Waals surface area contributed by atoms with E-state index in [1.54, 1.807) is 0 Å². The number of esters is 1. The van der Waals surface area contributed by atoms with Gasteiger partial charge in [-0.2, -0.15) is 0 Å². The number of nitrogens with zero attached hydrogens (tertiary/aromatic N) is 4. The van der Waals surface area contributed by atoms with Gasteiger partial charge in [0.2, 0.25) is 6.79 Å². The number of carbonyl (C=O) groups is 1. The zero-order chi connectivity index (χ0) is 21.5. The number of anilines is 1. The lowest BCUT2D eigenvalue weighted by molar-refractivity contribution is -0.148. The van der Waals surface area contributed by atoms with Crippen LogP contribution >= 0.6 is 0 Å². The van der Waals surface area contributed by atoms with Gasteiger partial charge in [0.25, 0.3) is 0 Å². The molecule has 3 aromatic rings. The number of fused-ring (bicyclic) bond motifs is 2. The van der Waals surface area contributed by atoms with Crippen LogP contribution in [-0.4, -0.2) is 57.9 Å². The first-order valence-electron chi connectivity index (χ1n) is 10.5. The molecule has 0 bridgehead atoms. The molecule has 0 saturated carbocycles. The molecule has 4 heterocycles. The largest absolute Gasteiger partial charge is 0.465 e. The second-order valence-electron chi connectivity index (χ2n) is 7.84. The quantitative estimate of drug-likeness (QED) is 0.625. The van der Waals surface area contributed by atoms with Gasteiger partial charge >= 0.3 is 5.97 Å². The van der Waals surface area contributed by atoms with Gasteiger partial charge in [0.05, 0.1) is 12.0 Å². The van der Waals surface area contributed by atoms with Crippen molar-refractivity contribution in [1.29, 1.82) is 0 Å². The second-order valence-corrected chi connectivity index (χ2v) is 7.84. The van der Waals surface area contributed by atoms with E-state index in [0.717, 1.165) is 47.4 Å². The molecule has 2 aliphatic rings. The lowest BCUT2D eigenvalue weighted by Crippen LogP contribution is -2.38. The Kier molecular flexibility index (Phi) is 4.90. The highest BCUT2D eigenvalue weighted by molar-refractivity contribution is 6.01. The third kappa shape index (κ3) is 3.34. The number of hydrogen-bond donors (Lipinski definition) is 1. The van der Waals surface area contributed by atoms with Crippen molar-refractivity contribution in [2.24, 2.45) is 0 Å². The highest BCUT2D eigenvalue weighted by atomic mass is 16.7. The maximum absolute atomic E-state index is 12.2. The zero-order valence-corrected chi connectivity index (χ0v) is 17.6. The number of benzene rings is 1. The molecule has 2 N–H and O–H groups in total. The molecule has 1 fully saturated rings. The topological polar surface area (TPSA) is 105 Å². The van der Waals surface area contributed by atoms with E-state index in [9.17, 15) is 4.79 Å². The lowest BCUT2D eigenvalue weighted by Gasteiger charge is -2.22. The minimum atomic E-state index is -0.278. The highest BCUT2D eigenvalue weighted by Gasteiger charge is 2.32. The fraction of sp³-hybridized carbons (Fsp3) is 0.409. The summed E-state index contributed by atoms with van der Waals surface area (Å²) in [6.45, 7) is 5.87. The van der Waals surface area contributed by atoms with Crippen LogP contribution in [0.15, 0.2) is 30.7 Å². The van der Waals surface area contributed by atoms with E-state index in [2.05, 4.69) is 25.6 Å². The Morgan fingerprint density at radius 3 is 3.00 bits per heavy atom. The van der Waals surface area contributed by atoms with Crippen LogP contribution in [0.3, 0.4) is 0 Å². The summed E-state index contributed by atoms with van der Waals surface area (Å²) in [7, 11) is 0. The Bertz CT molecular complexity index is 1140. The number of rotatable bonds is 5. The molecule has 2 aromatic heterocycles. The van der Waals surface area contributed by atoms with Gasteiger partial charge in [-0.3, -0.25) is 9.69 Å². The maximum Gasteiger partial charge on any atom is 0.323 e. The van der Waals surface area contributed by atoms with E-state index in [-0.39, 0.29) is 24.8 Å². The third-order valence-electron chi connectivity index (χ3n) is 6.09. The normalized spacial score (nSPS) is 19.1. The number of ether oxygens (including phenoxy) is 3. The summed E-state index contributed by atoms with van der Waals surface area (Å²) in [5.41, 5.74) is 8.97. The van der Waals surface area contributed by atoms with Crippen molar-refractivity contribution in [1.82, 2.24) is 19.4 Å². The first kappa shape index (κ1) is 19.6. The third-order valence-corrected chi connectivity index (χ3v) is 6.09. The average Bonchev–Trinajstić information content (AvgIpc) is 3.50. The monoisotopic (exact) mass is 423 g/mol. The van der Waals surface area contributed by atoms with E-state index in [4.69, 9.17) is 19.9 Å². The predicted octanol–water partition coefficient (Wildman–Crippen LogP) is 2.61. The van der Waals surface area contributed by atoms with Gasteiger partial charge in [0.1, 0.15) is 23.8 Å². The van der Waals surface area contributed by atoms with Crippen LogP contribution in [0.25, 0.3) is 22.2 Å². The predicted molar refractivity (Wildman–Crippen MR) is 115 cm³/mol.